The van der Waals surface area contributed by atoms with Gasteiger partial charge in [0.2, 0.25) is 0 Å². The van der Waals surface area contributed by atoms with Crippen molar-refractivity contribution < 1.29 is 5.11 Å². The summed E-state index contributed by atoms with van der Waals surface area (Å²) in [6.45, 7) is 8.72. The van der Waals surface area contributed by atoms with E-state index in [2.05, 4.69) is 46.3 Å². The van der Waals surface area contributed by atoms with Gasteiger partial charge in [0.1, 0.15) is 0 Å². The molecular weight excluding hydrogens is 300 g/mol. The SMILES string of the molecule is CCNC(=NCCCN1CCc2ccccc2C1)N1CC[C@@H](O)C1. The summed E-state index contributed by atoms with van der Waals surface area (Å²) in [5.41, 5.74) is 2.99. The van der Waals surface area contributed by atoms with Crippen LogP contribution in [0.15, 0.2) is 29.3 Å². The predicted molar refractivity (Wildman–Crippen MR) is 98.2 cm³/mol. The summed E-state index contributed by atoms with van der Waals surface area (Å²) in [6, 6.07) is 8.78. The van der Waals surface area contributed by atoms with Gasteiger partial charge in [-0.15, -0.1) is 0 Å². The maximum absolute atomic E-state index is 9.71. The maximum atomic E-state index is 9.71. The molecule has 0 saturated carbocycles. The Bertz CT molecular complexity index is 560. The van der Waals surface area contributed by atoms with E-state index in [9.17, 15) is 5.11 Å². The number of benzene rings is 1. The highest BCUT2D eigenvalue weighted by atomic mass is 16.3. The summed E-state index contributed by atoms with van der Waals surface area (Å²) in [5, 5.41) is 13.1. The Hall–Kier alpha value is -1.59. The summed E-state index contributed by atoms with van der Waals surface area (Å²) >= 11 is 0. The van der Waals surface area contributed by atoms with Crippen LogP contribution in [0.1, 0.15) is 30.9 Å². The Balaban J connectivity index is 1.45. The number of fused-ring (bicyclic) bond motifs is 1. The number of likely N-dealkylation sites (tertiary alicyclic amines) is 1. The minimum absolute atomic E-state index is 0.206. The van der Waals surface area contributed by atoms with Gasteiger partial charge in [0.15, 0.2) is 5.96 Å². The van der Waals surface area contributed by atoms with E-state index in [1.54, 1.807) is 0 Å². The van der Waals surface area contributed by atoms with Crippen molar-refractivity contribution in [2.45, 2.75) is 38.8 Å². The quantitative estimate of drug-likeness (QED) is 0.488. The van der Waals surface area contributed by atoms with E-state index in [1.807, 2.05) is 0 Å². The van der Waals surface area contributed by atoms with Crippen LogP contribution in [0.3, 0.4) is 0 Å². The standard InChI is InChI=1S/C19H30N4O/c1-2-20-19(23-13-9-18(24)15-23)21-10-5-11-22-12-8-16-6-3-4-7-17(16)14-22/h3-4,6-7,18,24H,2,5,8-15H2,1H3,(H,20,21)/t18-/m1/s1. The fourth-order valence-corrected chi connectivity index (χ4v) is 3.58. The van der Waals surface area contributed by atoms with Gasteiger partial charge in [-0.1, -0.05) is 24.3 Å². The van der Waals surface area contributed by atoms with Gasteiger partial charge in [-0.3, -0.25) is 9.89 Å². The van der Waals surface area contributed by atoms with Gasteiger partial charge in [-0.25, -0.2) is 0 Å². The molecule has 0 aromatic heterocycles. The molecule has 2 aliphatic rings. The first-order valence-corrected chi connectivity index (χ1v) is 9.26. The Morgan fingerprint density at radius 1 is 1.29 bits per heavy atom. The van der Waals surface area contributed by atoms with Crippen LogP contribution < -0.4 is 5.32 Å². The lowest BCUT2D eigenvalue weighted by atomic mass is 10.00. The molecule has 0 bridgehead atoms. The molecule has 0 radical (unpaired) electrons. The van der Waals surface area contributed by atoms with E-state index in [4.69, 9.17) is 4.99 Å². The highest BCUT2D eigenvalue weighted by molar-refractivity contribution is 5.80. The third-order valence-electron chi connectivity index (χ3n) is 4.90. The molecule has 2 aliphatic heterocycles. The van der Waals surface area contributed by atoms with Crippen LogP contribution in [0.2, 0.25) is 0 Å². The lowest BCUT2D eigenvalue weighted by Crippen LogP contribution is -2.40. The summed E-state index contributed by atoms with van der Waals surface area (Å²) < 4.78 is 0. The molecule has 132 valence electrons. The smallest absolute Gasteiger partial charge is 0.194 e. The molecule has 5 heteroatoms. The van der Waals surface area contributed by atoms with Gasteiger partial charge in [-0.05, 0) is 37.3 Å². The first-order chi connectivity index (χ1) is 11.8. The van der Waals surface area contributed by atoms with Gasteiger partial charge in [0.05, 0.1) is 6.10 Å². The van der Waals surface area contributed by atoms with Crippen LogP contribution >= 0.6 is 0 Å². The maximum Gasteiger partial charge on any atom is 0.194 e. The number of β-amino-alcohol motifs (C(OH)–C–C–N with tert-alkyl or cyclic N) is 1. The Kier molecular flexibility index (Phi) is 6.10. The van der Waals surface area contributed by atoms with Crippen molar-refractivity contribution in [2.75, 3.05) is 39.3 Å². The van der Waals surface area contributed by atoms with E-state index in [1.165, 1.54) is 11.1 Å². The van der Waals surface area contributed by atoms with Crippen LogP contribution in [0, 0.1) is 0 Å². The summed E-state index contributed by atoms with van der Waals surface area (Å²) in [7, 11) is 0. The molecule has 3 rings (SSSR count). The number of aliphatic hydroxyl groups excluding tert-OH is 1. The molecular formula is C19H30N4O. The fourth-order valence-electron chi connectivity index (χ4n) is 3.58. The van der Waals surface area contributed by atoms with Crippen molar-refractivity contribution in [1.29, 1.82) is 0 Å². The zero-order chi connectivity index (χ0) is 16.8. The molecule has 1 aromatic rings. The van der Waals surface area contributed by atoms with Crippen LogP contribution in [0.25, 0.3) is 0 Å². The van der Waals surface area contributed by atoms with Crippen molar-refractivity contribution in [1.82, 2.24) is 15.1 Å². The van der Waals surface area contributed by atoms with Crippen molar-refractivity contribution in [3.63, 3.8) is 0 Å². The number of rotatable bonds is 5. The van der Waals surface area contributed by atoms with Crippen molar-refractivity contribution in [3.8, 4) is 0 Å². The molecule has 2 N–H and O–H groups in total. The molecule has 1 saturated heterocycles. The van der Waals surface area contributed by atoms with Gasteiger partial charge >= 0.3 is 0 Å². The Morgan fingerprint density at radius 3 is 2.88 bits per heavy atom. The topological polar surface area (TPSA) is 51.1 Å². The summed E-state index contributed by atoms with van der Waals surface area (Å²) in [5.74, 6) is 0.957. The molecule has 1 atom stereocenters. The Morgan fingerprint density at radius 2 is 2.12 bits per heavy atom. The molecule has 1 fully saturated rings. The number of nitrogens with zero attached hydrogens (tertiary/aromatic N) is 3. The number of guanidine groups is 1. The largest absolute Gasteiger partial charge is 0.391 e. The molecule has 0 aliphatic carbocycles. The van der Waals surface area contributed by atoms with E-state index in [0.29, 0.717) is 6.54 Å². The van der Waals surface area contributed by atoms with Crippen molar-refractivity contribution in [3.05, 3.63) is 35.4 Å². The summed E-state index contributed by atoms with van der Waals surface area (Å²) in [4.78, 5) is 9.46. The number of hydrogen-bond donors (Lipinski definition) is 2. The predicted octanol–water partition coefficient (Wildman–Crippen LogP) is 1.47. The molecule has 24 heavy (non-hydrogen) atoms. The lowest BCUT2D eigenvalue weighted by molar-refractivity contribution is 0.187. The second-order valence-corrected chi connectivity index (χ2v) is 6.77. The second-order valence-electron chi connectivity index (χ2n) is 6.77. The van der Waals surface area contributed by atoms with E-state index >= 15 is 0 Å². The van der Waals surface area contributed by atoms with Crippen LogP contribution in [-0.4, -0.2) is 66.2 Å². The summed E-state index contributed by atoms with van der Waals surface area (Å²) in [6.07, 6.45) is 2.88. The zero-order valence-corrected chi connectivity index (χ0v) is 14.7. The number of aliphatic hydroxyl groups is 1. The molecule has 0 amide bonds. The molecule has 1 aromatic carbocycles. The lowest BCUT2D eigenvalue weighted by Gasteiger charge is -2.28. The van der Waals surface area contributed by atoms with Gasteiger partial charge in [0.25, 0.3) is 0 Å². The highest BCUT2D eigenvalue weighted by Crippen LogP contribution is 2.18. The third kappa shape index (κ3) is 4.48. The monoisotopic (exact) mass is 330 g/mol. The number of nitrogens with one attached hydrogen (secondary N) is 1. The average molecular weight is 330 g/mol. The molecule has 0 unspecified atom stereocenters. The van der Waals surface area contributed by atoms with Gasteiger partial charge in [-0.2, -0.15) is 0 Å². The minimum atomic E-state index is -0.206. The fraction of sp³-hybridized carbons (Fsp3) is 0.632. The molecule has 5 nitrogen and oxygen atoms in total. The van der Waals surface area contributed by atoms with E-state index in [-0.39, 0.29) is 6.10 Å². The van der Waals surface area contributed by atoms with Gasteiger partial charge in [0, 0.05) is 45.8 Å². The molecule has 0 spiro atoms. The van der Waals surface area contributed by atoms with E-state index < -0.39 is 0 Å². The second kappa shape index (κ2) is 8.49. The van der Waals surface area contributed by atoms with Gasteiger partial charge < -0.3 is 15.3 Å². The van der Waals surface area contributed by atoms with Crippen LogP contribution in [0.5, 0.6) is 0 Å². The normalized spacial score (nSPS) is 21.8. The highest BCUT2D eigenvalue weighted by Gasteiger charge is 2.22. The first kappa shape index (κ1) is 17.2. The molecule has 2 heterocycles. The third-order valence-corrected chi connectivity index (χ3v) is 4.90. The van der Waals surface area contributed by atoms with E-state index in [0.717, 1.165) is 64.5 Å². The van der Waals surface area contributed by atoms with Crippen molar-refractivity contribution >= 4 is 5.96 Å². The number of hydrogen-bond acceptors (Lipinski definition) is 3. The first-order valence-electron chi connectivity index (χ1n) is 9.26. The minimum Gasteiger partial charge on any atom is -0.391 e. The zero-order valence-electron chi connectivity index (χ0n) is 14.7. The average Bonchev–Trinajstić information content (AvgIpc) is 3.04. The Labute approximate surface area is 145 Å². The van der Waals surface area contributed by atoms with Crippen LogP contribution in [0.4, 0.5) is 0 Å². The van der Waals surface area contributed by atoms with Crippen LogP contribution in [-0.2, 0) is 13.0 Å². The van der Waals surface area contributed by atoms with Crippen molar-refractivity contribution in [2.24, 2.45) is 4.99 Å². The number of aliphatic imine (C=N–C) groups is 1.